The molecular formula is C24H37IN4OS. The first-order valence-corrected chi connectivity index (χ1v) is 12.8. The molecule has 3 fully saturated rings. The largest absolute Gasteiger partial charge is 0.354 e. The monoisotopic (exact) mass is 556 g/mol. The van der Waals surface area contributed by atoms with E-state index in [1.807, 2.05) is 11.8 Å². The molecule has 2 saturated carbocycles. The minimum absolute atomic E-state index is 0. The molecular weight excluding hydrogens is 519 g/mol. The second kappa shape index (κ2) is 11.8. The van der Waals surface area contributed by atoms with Gasteiger partial charge in [-0.2, -0.15) is 11.8 Å². The number of thioether (sulfide) groups is 1. The zero-order valence-electron chi connectivity index (χ0n) is 18.8. The maximum Gasteiger partial charge on any atom is 0.225 e. The average Bonchev–Trinajstić information content (AvgIpc) is 3.53. The molecule has 2 aliphatic carbocycles. The molecule has 7 heteroatoms. The number of rotatable bonds is 5. The highest BCUT2D eigenvalue weighted by Gasteiger charge is 2.40. The summed E-state index contributed by atoms with van der Waals surface area (Å²) in [6, 6.07) is 9.59. The summed E-state index contributed by atoms with van der Waals surface area (Å²) < 4.78 is 0. The number of aliphatic imine (C=N–C) groups is 1. The Kier molecular flexibility index (Phi) is 9.37. The number of amides is 1. The van der Waals surface area contributed by atoms with Crippen molar-refractivity contribution in [1.29, 1.82) is 0 Å². The third-order valence-electron chi connectivity index (χ3n) is 6.76. The van der Waals surface area contributed by atoms with Crippen molar-refractivity contribution >= 4 is 47.6 Å². The second-order valence-electron chi connectivity index (χ2n) is 8.90. The van der Waals surface area contributed by atoms with Gasteiger partial charge in [0.05, 0.1) is 0 Å². The van der Waals surface area contributed by atoms with Gasteiger partial charge in [0.1, 0.15) is 0 Å². The molecule has 4 rings (SSSR count). The van der Waals surface area contributed by atoms with E-state index in [-0.39, 0.29) is 29.9 Å². The van der Waals surface area contributed by atoms with Crippen LogP contribution in [0.15, 0.2) is 29.3 Å². The van der Waals surface area contributed by atoms with Crippen LogP contribution >= 0.6 is 35.7 Å². The van der Waals surface area contributed by atoms with E-state index in [2.05, 4.69) is 53.6 Å². The van der Waals surface area contributed by atoms with Gasteiger partial charge in [0, 0.05) is 55.1 Å². The van der Waals surface area contributed by atoms with Gasteiger partial charge < -0.3 is 15.5 Å². The van der Waals surface area contributed by atoms with Gasteiger partial charge in [0.2, 0.25) is 5.91 Å². The minimum atomic E-state index is 0. The van der Waals surface area contributed by atoms with Crippen LogP contribution in [0.4, 0.5) is 0 Å². The number of hydrogen-bond donors (Lipinski definition) is 2. The lowest BCUT2D eigenvalue weighted by molar-refractivity contribution is -0.136. The summed E-state index contributed by atoms with van der Waals surface area (Å²) in [4.78, 5) is 19.6. The fourth-order valence-electron chi connectivity index (χ4n) is 4.89. The van der Waals surface area contributed by atoms with E-state index in [0.29, 0.717) is 23.9 Å². The summed E-state index contributed by atoms with van der Waals surface area (Å²) in [7, 11) is 0. The molecule has 1 aromatic carbocycles. The number of carbonyl (C=O) groups is 1. The van der Waals surface area contributed by atoms with Crippen LogP contribution in [0.5, 0.6) is 0 Å². The zero-order chi connectivity index (χ0) is 20.9. The standard InChI is InChI=1S/C24H36N4OS.HI/c1-3-25-24(27-22-16-21(22)20-7-5-4-6-17(20)2)26-19-10-8-18(9-11-19)23(29)28-12-14-30-15-13-28;/h4-7,18-19,21-22H,3,8-16H2,1-2H3,(H2,25,26,27);1H. The van der Waals surface area contributed by atoms with Crippen molar-refractivity contribution in [2.24, 2.45) is 10.9 Å². The maximum absolute atomic E-state index is 12.8. The van der Waals surface area contributed by atoms with Crippen LogP contribution in [-0.2, 0) is 4.79 Å². The zero-order valence-corrected chi connectivity index (χ0v) is 22.0. The summed E-state index contributed by atoms with van der Waals surface area (Å²) >= 11 is 1.96. The number of nitrogens with zero attached hydrogens (tertiary/aromatic N) is 2. The second-order valence-corrected chi connectivity index (χ2v) is 10.1. The molecule has 3 aliphatic rings. The van der Waals surface area contributed by atoms with Gasteiger partial charge in [-0.1, -0.05) is 24.3 Å². The Bertz CT molecular complexity index is 760. The van der Waals surface area contributed by atoms with Crippen molar-refractivity contribution < 1.29 is 4.79 Å². The molecule has 5 nitrogen and oxygen atoms in total. The number of nitrogens with one attached hydrogen (secondary N) is 2. The van der Waals surface area contributed by atoms with Crippen LogP contribution in [-0.4, -0.2) is 60.0 Å². The highest BCUT2D eigenvalue weighted by Crippen LogP contribution is 2.42. The van der Waals surface area contributed by atoms with Crippen LogP contribution < -0.4 is 10.6 Å². The van der Waals surface area contributed by atoms with Crippen LogP contribution in [0.25, 0.3) is 0 Å². The predicted octanol–water partition coefficient (Wildman–Crippen LogP) is 4.16. The summed E-state index contributed by atoms with van der Waals surface area (Å²) in [5, 5.41) is 7.33. The topological polar surface area (TPSA) is 56.7 Å². The van der Waals surface area contributed by atoms with E-state index in [9.17, 15) is 4.79 Å². The van der Waals surface area contributed by atoms with Crippen LogP contribution in [0.1, 0.15) is 56.1 Å². The van der Waals surface area contributed by atoms with Crippen molar-refractivity contribution in [1.82, 2.24) is 15.5 Å². The minimum Gasteiger partial charge on any atom is -0.354 e. The van der Waals surface area contributed by atoms with E-state index in [4.69, 9.17) is 4.99 Å². The van der Waals surface area contributed by atoms with E-state index < -0.39 is 0 Å². The number of hydrogen-bond acceptors (Lipinski definition) is 3. The molecule has 1 amide bonds. The smallest absolute Gasteiger partial charge is 0.225 e. The van der Waals surface area contributed by atoms with Crippen molar-refractivity contribution in [3.05, 3.63) is 35.4 Å². The van der Waals surface area contributed by atoms with Gasteiger partial charge in [-0.3, -0.25) is 9.79 Å². The van der Waals surface area contributed by atoms with Gasteiger partial charge in [-0.25, -0.2) is 0 Å². The lowest BCUT2D eigenvalue weighted by Gasteiger charge is -2.34. The van der Waals surface area contributed by atoms with E-state index >= 15 is 0 Å². The van der Waals surface area contributed by atoms with Crippen LogP contribution in [0.2, 0.25) is 0 Å². The highest BCUT2D eigenvalue weighted by atomic mass is 127. The molecule has 0 spiro atoms. The molecule has 1 aliphatic heterocycles. The van der Waals surface area contributed by atoms with Crippen molar-refractivity contribution in [2.45, 2.75) is 64.0 Å². The molecule has 172 valence electrons. The Balaban J connectivity index is 0.00000272. The normalized spacial score (nSPS) is 28.5. The first-order valence-electron chi connectivity index (χ1n) is 11.6. The Morgan fingerprint density at radius 3 is 2.52 bits per heavy atom. The van der Waals surface area contributed by atoms with Gasteiger partial charge in [0.15, 0.2) is 5.96 Å². The first-order chi connectivity index (χ1) is 14.7. The molecule has 1 aromatic rings. The summed E-state index contributed by atoms with van der Waals surface area (Å²) in [6.07, 6.45) is 5.26. The summed E-state index contributed by atoms with van der Waals surface area (Å²) in [5.74, 6) is 4.34. The van der Waals surface area contributed by atoms with Gasteiger partial charge in [-0.15, -0.1) is 24.0 Å². The number of halogens is 1. The summed E-state index contributed by atoms with van der Waals surface area (Å²) in [6.45, 7) is 6.93. The number of guanidine groups is 1. The average molecular weight is 557 g/mol. The Morgan fingerprint density at radius 2 is 1.84 bits per heavy atom. The number of aryl methyl sites for hydroxylation is 1. The molecule has 0 aromatic heterocycles. The van der Waals surface area contributed by atoms with Crippen molar-refractivity contribution in [3.8, 4) is 0 Å². The van der Waals surface area contributed by atoms with Crippen molar-refractivity contribution in [3.63, 3.8) is 0 Å². The lowest BCUT2D eigenvalue weighted by Crippen LogP contribution is -2.48. The molecule has 2 unspecified atom stereocenters. The molecule has 1 heterocycles. The van der Waals surface area contributed by atoms with Crippen LogP contribution in [0.3, 0.4) is 0 Å². The molecule has 0 bridgehead atoms. The fourth-order valence-corrected chi connectivity index (χ4v) is 5.79. The molecule has 31 heavy (non-hydrogen) atoms. The SMILES string of the molecule is CCN=C(NC1CCC(C(=O)N2CCSCC2)CC1)NC1CC1c1ccccc1C.I. The lowest BCUT2D eigenvalue weighted by atomic mass is 9.85. The van der Waals surface area contributed by atoms with Gasteiger partial charge in [0.25, 0.3) is 0 Å². The van der Waals surface area contributed by atoms with Gasteiger partial charge >= 0.3 is 0 Å². The van der Waals surface area contributed by atoms with E-state index in [0.717, 1.165) is 62.8 Å². The predicted molar refractivity (Wildman–Crippen MR) is 142 cm³/mol. The number of carbonyl (C=O) groups excluding carboxylic acids is 1. The Morgan fingerprint density at radius 1 is 1.13 bits per heavy atom. The third kappa shape index (κ3) is 6.53. The summed E-state index contributed by atoms with van der Waals surface area (Å²) in [5.41, 5.74) is 2.84. The molecule has 1 saturated heterocycles. The van der Waals surface area contributed by atoms with E-state index in [1.165, 1.54) is 17.5 Å². The Labute approximate surface area is 208 Å². The number of benzene rings is 1. The van der Waals surface area contributed by atoms with E-state index in [1.54, 1.807) is 0 Å². The maximum atomic E-state index is 12.8. The quantitative estimate of drug-likeness (QED) is 0.325. The van der Waals surface area contributed by atoms with Crippen LogP contribution in [0, 0.1) is 12.8 Å². The molecule has 2 N–H and O–H groups in total. The van der Waals surface area contributed by atoms with Crippen molar-refractivity contribution in [2.75, 3.05) is 31.1 Å². The fraction of sp³-hybridized carbons (Fsp3) is 0.667. The first kappa shape index (κ1) is 24.7. The van der Waals surface area contributed by atoms with Gasteiger partial charge in [-0.05, 0) is 57.1 Å². The third-order valence-corrected chi connectivity index (χ3v) is 7.70. The Hall–Kier alpha value is -0.960. The highest BCUT2D eigenvalue weighted by molar-refractivity contribution is 14.0. The molecule has 2 atom stereocenters. The molecule has 0 radical (unpaired) electrons.